The number of hydrogen-bond donors (Lipinski definition) is 0. The van der Waals surface area contributed by atoms with E-state index in [0.29, 0.717) is 29.3 Å². The molecular formula is C17H26N2O3. The molecule has 2 rings (SSSR count). The van der Waals surface area contributed by atoms with Crippen molar-refractivity contribution in [2.24, 2.45) is 5.10 Å². The van der Waals surface area contributed by atoms with Crippen molar-refractivity contribution in [2.75, 3.05) is 21.3 Å². The van der Waals surface area contributed by atoms with Gasteiger partial charge in [0.25, 0.3) is 0 Å². The van der Waals surface area contributed by atoms with Gasteiger partial charge in [-0.05, 0) is 33.1 Å². The number of hydrogen-bond acceptors (Lipinski definition) is 5. The summed E-state index contributed by atoms with van der Waals surface area (Å²) in [6.07, 6.45) is 5.45. The number of piperidine rings is 1. The van der Waals surface area contributed by atoms with Crippen LogP contribution in [0.25, 0.3) is 0 Å². The molecule has 1 aromatic rings. The predicted octanol–water partition coefficient (Wildman–Crippen LogP) is 3.31. The first-order chi connectivity index (χ1) is 10.6. The van der Waals surface area contributed by atoms with Crippen molar-refractivity contribution in [3.05, 3.63) is 17.7 Å². The van der Waals surface area contributed by atoms with Gasteiger partial charge in [-0.3, -0.25) is 5.01 Å². The molecule has 1 fully saturated rings. The highest BCUT2D eigenvalue weighted by molar-refractivity contribution is 5.88. The number of methoxy groups -OCH3 is 3. The number of rotatable bonds is 5. The summed E-state index contributed by atoms with van der Waals surface area (Å²) < 4.78 is 16.2. The molecule has 0 N–H and O–H groups in total. The molecule has 0 aliphatic carbocycles. The maximum absolute atomic E-state index is 5.45. The van der Waals surface area contributed by atoms with Gasteiger partial charge in [0.2, 0.25) is 0 Å². The maximum atomic E-state index is 5.45. The fourth-order valence-electron chi connectivity index (χ4n) is 2.92. The Morgan fingerprint density at radius 1 is 1.00 bits per heavy atom. The summed E-state index contributed by atoms with van der Waals surface area (Å²) in [5.74, 6) is 2.08. The third-order valence-electron chi connectivity index (χ3n) is 4.22. The van der Waals surface area contributed by atoms with Gasteiger partial charge in [-0.15, -0.1) is 0 Å². The van der Waals surface area contributed by atoms with E-state index in [1.807, 2.05) is 18.3 Å². The van der Waals surface area contributed by atoms with Crippen LogP contribution in [-0.4, -0.2) is 44.6 Å². The highest BCUT2D eigenvalue weighted by Crippen LogP contribution is 2.33. The Kier molecular flexibility index (Phi) is 5.52. The third kappa shape index (κ3) is 3.46. The lowest BCUT2D eigenvalue weighted by atomic mass is 10.00. The molecule has 0 amide bonds. The molecule has 1 aliphatic rings. The summed E-state index contributed by atoms with van der Waals surface area (Å²) in [4.78, 5) is 0. The molecule has 0 saturated carbocycles. The van der Waals surface area contributed by atoms with Gasteiger partial charge in [0.15, 0.2) is 0 Å². The molecule has 0 aromatic heterocycles. The average Bonchev–Trinajstić information content (AvgIpc) is 2.53. The van der Waals surface area contributed by atoms with Gasteiger partial charge in [-0.1, -0.05) is 0 Å². The smallest absolute Gasteiger partial charge is 0.135 e. The molecule has 0 radical (unpaired) electrons. The van der Waals surface area contributed by atoms with Gasteiger partial charge in [0.05, 0.1) is 33.1 Å². The van der Waals surface area contributed by atoms with Crippen molar-refractivity contribution in [2.45, 2.75) is 45.2 Å². The molecule has 1 saturated heterocycles. The van der Waals surface area contributed by atoms with Gasteiger partial charge >= 0.3 is 0 Å². The minimum Gasteiger partial charge on any atom is -0.496 e. The number of nitrogens with zero attached hydrogens (tertiary/aromatic N) is 2. The Labute approximate surface area is 132 Å². The Balaban J connectivity index is 2.32. The van der Waals surface area contributed by atoms with Crippen LogP contribution in [-0.2, 0) is 0 Å². The molecule has 0 unspecified atom stereocenters. The fourth-order valence-corrected chi connectivity index (χ4v) is 2.92. The summed E-state index contributed by atoms with van der Waals surface area (Å²) in [5.41, 5.74) is 0.829. The van der Waals surface area contributed by atoms with E-state index >= 15 is 0 Å². The monoisotopic (exact) mass is 306 g/mol. The Morgan fingerprint density at radius 3 is 2.00 bits per heavy atom. The van der Waals surface area contributed by atoms with Gasteiger partial charge in [-0.2, -0.15) is 5.10 Å². The van der Waals surface area contributed by atoms with Crippen molar-refractivity contribution in [3.63, 3.8) is 0 Å². The molecule has 0 spiro atoms. The van der Waals surface area contributed by atoms with E-state index in [2.05, 4.69) is 18.9 Å². The van der Waals surface area contributed by atoms with Crippen LogP contribution in [0.4, 0.5) is 0 Å². The van der Waals surface area contributed by atoms with Crippen molar-refractivity contribution in [1.29, 1.82) is 0 Å². The van der Waals surface area contributed by atoms with Crippen LogP contribution in [0.2, 0.25) is 0 Å². The van der Waals surface area contributed by atoms with E-state index < -0.39 is 0 Å². The van der Waals surface area contributed by atoms with Crippen molar-refractivity contribution in [3.8, 4) is 17.2 Å². The zero-order valence-electron chi connectivity index (χ0n) is 14.1. The van der Waals surface area contributed by atoms with Crippen LogP contribution in [0, 0.1) is 0 Å². The minimum atomic E-state index is 0.454. The van der Waals surface area contributed by atoms with Crippen LogP contribution in [0.3, 0.4) is 0 Å². The SMILES string of the molecule is COc1cc(OC)c(/C=N\N2[C@@H](C)CCC[C@@H]2C)c(OC)c1. The number of ether oxygens (including phenoxy) is 3. The second-order valence-corrected chi connectivity index (χ2v) is 5.70. The van der Waals surface area contributed by atoms with Crippen LogP contribution >= 0.6 is 0 Å². The quantitative estimate of drug-likeness (QED) is 0.783. The topological polar surface area (TPSA) is 43.3 Å². The first-order valence-electron chi connectivity index (χ1n) is 7.73. The molecular weight excluding hydrogens is 280 g/mol. The van der Waals surface area contributed by atoms with E-state index in [4.69, 9.17) is 19.3 Å². The molecule has 1 aromatic carbocycles. The van der Waals surface area contributed by atoms with Crippen LogP contribution in [0.5, 0.6) is 17.2 Å². The first-order valence-corrected chi connectivity index (χ1v) is 7.73. The lowest BCUT2D eigenvalue weighted by molar-refractivity contribution is 0.109. The number of benzene rings is 1. The van der Waals surface area contributed by atoms with Crippen molar-refractivity contribution in [1.82, 2.24) is 5.01 Å². The molecule has 22 heavy (non-hydrogen) atoms. The van der Waals surface area contributed by atoms with E-state index in [1.54, 1.807) is 21.3 Å². The van der Waals surface area contributed by atoms with E-state index in [-0.39, 0.29) is 0 Å². The normalized spacial score (nSPS) is 22.0. The standard InChI is InChI=1S/C17H26N2O3/c1-12-7-6-8-13(2)19(12)18-11-15-16(21-4)9-14(20-3)10-17(15)22-5/h9-13H,6-8H2,1-5H3/b18-11-/t12-,13-/m0/s1. The van der Waals surface area contributed by atoms with Gasteiger partial charge in [0, 0.05) is 24.2 Å². The molecule has 5 nitrogen and oxygen atoms in total. The van der Waals surface area contributed by atoms with Crippen molar-refractivity contribution < 1.29 is 14.2 Å². The van der Waals surface area contributed by atoms with Crippen LogP contribution < -0.4 is 14.2 Å². The zero-order chi connectivity index (χ0) is 16.1. The Hall–Kier alpha value is -1.91. The first kappa shape index (κ1) is 16.5. The highest BCUT2D eigenvalue weighted by atomic mass is 16.5. The van der Waals surface area contributed by atoms with Gasteiger partial charge < -0.3 is 14.2 Å². The van der Waals surface area contributed by atoms with E-state index in [9.17, 15) is 0 Å². The zero-order valence-corrected chi connectivity index (χ0v) is 14.1. The van der Waals surface area contributed by atoms with E-state index in [0.717, 1.165) is 5.56 Å². The fraction of sp³-hybridized carbons (Fsp3) is 0.588. The molecule has 1 heterocycles. The molecule has 1 aliphatic heterocycles. The highest BCUT2D eigenvalue weighted by Gasteiger charge is 2.23. The summed E-state index contributed by atoms with van der Waals surface area (Å²) in [6.45, 7) is 4.44. The van der Waals surface area contributed by atoms with Gasteiger partial charge in [-0.25, -0.2) is 0 Å². The number of hydrazone groups is 1. The second-order valence-electron chi connectivity index (χ2n) is 5.70. The van der Waals surface area contributed by atoms with Crippen LogP contribution in [0.1, 0.15) is 38.7 Å². The lowest BCUT2D eigenvalue weighted by Gasteiger charge is -2.36. The lowest BCUT2D eigenvalue weighted by Crippen LogP contribution is -2.39. The second kappa shape index (κ2) is 7.38. The van der Waals surface area contributed by atoms with Crippen molar-refractivity contribution >= 4 is 6.21 Å². The maximum Gasteiger partial charge on any atom is 0.135 e. The largest absolute Gasteiger partial charge is 0.496 e. The Morgan fingerprint density at radius 2 is 1.55 bits per heavy atom. The van der Waals surface area contributed by atoms with Crippen LogP contribution in [0.15, 0.2) is 17.2 Å². The summed E-state index contributed by atoms with van der Waals surface area (Å²) >= 11 is 0. The molecule has 5 heteroatoms. The van der Waals surface area contributed by atoms with E-state index in [1.165, 1.54) is 19.3 Å². The third-order valence-corrected chi connectivity index (χ3v) is 4.22. The summed E-state index contributed by atoms with van der Waals surface area (Å²) in [6, 6.07) is 4.59. The predicted molar refractivity (Wildman–Crippen MR) is 88.3 cm³/mol. The molecule has 0 bridgehead atoms. The average molecular weight is 306 g/mol. The summed E-state index contributed by atoms with van der Waals surface area (Å²) in [7, 11) is 4.90. The minimum absolute atomic E-state index is 0.454. The summed E-state index contributed by atoms with van der Waals surface area (Å²) in [5, 5.41) is 6.87. The van der Waals surface area contributed by atoms with Gasteiger partial charge in [0.1, 0.15) is 17.2 Å². The Bertz CT molecular complexity index is 496. The molecule has 122 valence electrons. The molecule has 2 atom stereocenters.